The van der Waals surface area contributed by atoms with E-state index >= 15 is 0 Å². The number of methoxy groups -OCH3 is 2. The molecule has 0 radical (unpaired) electrons. The summed E-state index contributed by atoms with van der Waals surface area (Å²) in [4.78, 5) is 2.51. The number of hydrogen-bond donors (Lipinski definition) is 1. The zero-order valence-electron chi connectivity index (χ0n) is 18.1. The van der Waals surface area contributed by atoms with Gasteiger partial charge in [0.1, 0.15) is 11.5 Å². The van der Waals surface area contributed by atoms with Crippen LogP contribution in [-0.2, 0) is 0 Å². The van der Waals surface area contributed by atoms with E-state index in [-0.39, 0.29) is 12.0 Å². The van der Waals surface area contributed by atoms with E-state index in [0.29, 0.717) is 0 Å². The summed E-state index contributed by atoms with van der Waals surface area (Å²) in [6, 6.07) is 16.6. The Hall–Kier alpha value is -2.30. The minimum atomic E-state index is -0.576. The Kier molecular flexibility index (Phi) is 6.45. The molecule has 1 saturated carbocycles. The molecule has 2 aliphatic rings. The molecule has 1 heterocycles. The smallest absolute Gasteiger partial charge is 0.127 e. The zero-order valence-corrected chi connectivity index (χ0v) is 18.1. The van der Waals surface area contributed by atoms with E-state index in [1.807, 2.05) is 18.2 Å². The van der Waals surface area contributed by atoms with Crippen LogP contribution < -0.4 is 9.47 Å². The standard InChI is InChI=1S/C26H33NO3/c1-29-21-13-14-22(24(19-21)30-2)25-23-12-6-7-15-26(23,28)16-18-27(25)17-8-11-20-9-4-3-5-10-20/h3-5,8-11,13-14,19,23,25,28H,6-7,12,15-18H2,1-2H3. The number of rotatable bonds is 6. The second kappa shape index (κ2) is 9.23. The van der Waals surface area contributed by atoms with Crippen molar-refractivity contribution in [3.8, 4) is 11.5 Å². The summed E-state index contributed by atoms with van der Waals surface area (Å²) in [6.45, 7) is 1.73. The summed E-state index contributed by atoms with van der Waals surface area (Å²) in [5, 5.41) is 11.5. The van der Waals surface area contributed by atoms with Gasteiger partial charge in [-0.1, -0.05) is 61.4 Å². The van der Waals surface area contributed by atoms with Crippen molar-refractivity contribution in [2.75, 3.05) is 27.3 Å². The molecule has 0 spiro atoms. The number of piperidine rings is 1. The van der Waals surface area contributed by atoms with Gasteiger partial charge in [-0.3, -0.25) is 4.90 Å². The third kappa shape index (κ3) is 4.26. The molecule has 1 saturated heterocycles. The lowest BCUT2D eigenvalue weighted by atomic mass is 9.66. The molecular weight excluding hydrogens is 374 g/mol. The van der Waals surface area contributed by atoms with Gasteiger partial charge in [0.2, 0.25) is 0 Å². The van der Waals surface area contributed by atoms with Gasteiger partial charge in [-0.15, -0.1) is 0 Å². The van der Waals surface area contributed by atoms with Crippen molar-refractivity contribution in [2.45, 2.75) is 43.7 Å². The Morgan fingerprint density at radius 2 is 1.90 bits per heavy atom. The summed E-state index contributed by atoms with van der Waals surface area (Å²) in [5.41, 5.74) is 1.78. The number of likely N-dealkylation sites (tertiary alicyclic amines) is 1. The molecule has 160 valence electrons. The molecule has 4 rings (SSSR count). The van der Waals surface area contributed by atoms with Gasteiger partial charge in [0.05, 0.1) is 19.8 Å². The maximum atomic E-state index is 11.5. The fourth-order valence-electron chi connectivity index (χ4n) is 5.31. The molecule has 3 unspecified atom stereocenters. The first-order valence-electron chi connectivity index (χ1n) is 11.0. The highest BCUT2D eigenvalue weighted by Crippen LogP contribution is 2.51. The third-order valence-electron chi connectivity index (χ3n) is 6.88. The quantitative estimate of drug-likeness (QED) is 0.725. The largest absolute Gasteiger partial charge is 0.497 e. The summed E-state index contributed by atoms with van der Waals surface area (Å²) >= 11 is 0. The Morgan fingerprint density at radius 3 is 2.67 bits per heavy atom. The first-order valence-corrected chi connectivity index (χ1v) is 11.0. The maximum Gasteiger partial charge on any atom is 0.127 e. The molecule has 0 aromatic heterocycles. The highest BCUT2D eigenvalue weighted by Gasteiger charge is 2.49. The molecule has 1 aliphatic heterocycles. The summed E-state index contributed by atoms with van der Waals surface area (Å²) in [7, 11) is 3.39. The lowest BCUT2D eigenvalue weighted by Gasteiger charge is -2.52. The highest BCUT2D eigenvalue weighted by molar-refractivity contribution is 5.49. The van der Waals surface area contributed by atoms with E-state index in [0.717, 1.165) is 55.8 Å². The predicted molar refractivity (Wildman–Crippen MR) is 121 cm³/mol. The summed E-state index contributed by atoms with van der Waals surface area (Å²) in [5.74, 6) is 1.85. The number of fused-ring (bicyclic) bond motifs is 1. The topological polar surface area (TPSA) is 41.9 Å². The molecule has 30 heavy (non-hydrogen) atoms. The minimum Gasteiger partial charge on any atom is -0.497 e. The molecule has 1 aliphatic carbocycles. The van der Waals surface area contributed by atoms with Crippen LogP contribution in [0.1, 0.15) is 49.3 Å². The molecule has 0 amide bonds. The SMILES string of the molecule is COc1ccc(C2C3CCCCC3(O)CCN2CC=Cc2ccccc2)c(OC)c1. The van der Waals surface area contributed by atoms with Crippen LogP contribution in [-0.4, -0.2) is 42.9 Å². The van der Waals surface area contributed by atoms with E-state index in [9.17, 15) is 5.11 Å². The fourth-order valence-corrected chi connectivity index (χ4v) is 5.31. The van der Waals surface area contributed by atoms with Crippen molar-refractivity contribution in [3.05, 3.63) is 65.7 Å². The number of hydrogen-bond acceptors (Lipinski definition) is 4. The lowest BCUT2D eigenvalue weighted by Crippen LogP contribution is -2.54. The Balaban J connectivity index is 1.66. The van der Waals surface area contributed by atoms with Crippen molar-refractivity contribution in [3.63, 3.8) is 0 Å². The van der Waals surface area contributed by atoms with E-state index in [1.54, 1.807) is 14.2 Å². The van der Waals surface area contributed by atoms with E-state index in [2.05, 4.69) is 47.4 Å². The van der Waals surface area contributed by atoms with Crippen molar-refractivity contribution < 1.29 is 14.6 Å². The highest BCUT2D eigenvalue weighted by atomic mass is 16.5. The Morgan fingerprint density at radius 1 is 1.07 bits per heavy atom. The fraction of sp³-hybridized carbons (Fsp3) is 0.462. The van der Waals surface area contributed by atoms with Gasteiger partial charge >= 0.3 is 0 Å². The van der Waals surface area contributed by atoms with Gasteiger partial charge in [0, 0.05) is 36.7 Å². The van der Waals surface area contributed by atoms with Gasteiger partial charge in [-0.25, -0.2) is 0 Å². The normalized spacial score (nSPS) is 27.0. The van der Waals surface area contributed by atoms with Crippen molar-refractivity contribution in [1.82, 2.24) is 4.90 Å². The molecule has 2 fully saturated rings. The predicted octanol–water partition coefficient (Wildman–Crippen LogP) is 5.09. The molecule has 1 N–H and O–H groups in total. The van der Waals surface area contributed by atoms with Crippen LogP contribution in [0.4, 0.5) is 0 Å². The second-order valence-electron chi connectivity index (χ2n) is 8.57. The van der Waals surface area contributed by atoms with E-state index in [1.165, 1.54) is 12.0 Å². The Labute approximate surface area is 180 Å². The zero-order chi connectivity index (χ0) is 21.0. The Bertz CT molecular complexity index is 866. The number of benzene rings is 2. The first-order chi connectivity index (χ1) is 14.6. The summed E-state index contributed by atoms with van der Waals surface area (Å²) in [6.07, 6.45) is 9.51. The number of ether oxygens (including phenoxy) is 2. The number of nitrogens with zero attached hydrogens (tertiary/aromatic N) is 1. The maximum absolute atomic E-state index is 11.5. The van der Waals surface area contributed by atoms with Gasteiger partial charge in [0.15, 0.2) is 0 Å². The monoisotopic (exact) mass is 407 g/mol. The molecule has 0 bridgehead atoms. The van der Waals surface area contributed by atoms with Gasteiger partial charge < -0.3 is 14.6 Å². The lowest BCUT2D eigenvalue weighted by molar-refractivity contribution is -0.122. The van der Waals surface area contributed by atoms with Crippen LogP contribution in [0.5, 0.6) is 11.5 Å². The van der Waals surface area contributed by atoms with Crippen molar-refractivity contribution in [2.24, 2.45) is 5.92 Å². The minimum absolute atomic E-state index is 0.130. The van der Waals surface area contributed by atoms with Crippen LogP contribution in [0, 0.1) is 5.92 Å². The first kappa shape index (κ1) is 21.0. The van der Waals surface area contributed by atoms with E-state index in [4.69, 9.17) is 9.47 Å². The number of aliphatic hydroxyl groups is 1. The summed E-state index contributed by atoms with van der Waals surface area (Å²) < 4.78 is 11.2. The average molecular weight is 408 g/mol. The van der Waals surface area contributed by atoms with Gasteiger partial charge in [0.25, 0.3) is 0 Å². The van der Waals surface area contributed by atoms with Crippen molar-refractivity contribution in [1.29, 1.82) is 0 Å². The molecule has 2 aromatic rings. The van der Waals surface area contributed by atoms with E-state index < -0.39 is 5.60 Å². The molecule has 4 heteroatoms. The van der Waals surface area contributed by atoms with Crippen molar-refractivity contribution >= 4 is 6.08 Å². The van der Waals surface area contributed by atoms with Crippen LogP contribution in [0.3, 0.4) is 0 Å². The van der Waals surface area contributed by atoms with Crippen LogP contribution in [0.2, 0.25) is 0 Å². The van der Waals surface area contributed by atoms with Crippen LogP contribution in [0.25, 0.3) is 6.08 Å². The molecule has 2 aromatic carbocycles. The molecule has 3 atom stereocenters. The van der Waals surface area contributed by atoms with Crippen LogP contribution in [0.15, 0.2) is 54.6 Å². The van der Waals surface area contributed by atoms with Crippen LogP contribution >= 0.6 is 0 Å². The third-order valence-corrected chi connectivity index (χ3v) is 6.88. The molecular formula is C26H33NO3. The molecule has 4 nitrogen and oxygen atoms in total. The van der Waals surface area contributed by atoms with Gasteiger partial charge in [-0.2, -0.15) is 0 Å². The second-order valence-corrected chi connectivity index (χ2v) is 8.57. The van der Waals surface area contributed by atoms with Gasteiger partial charge in [-0.05, 0) is 30.9 Å². The average Bonchev–Trinajstić information content (AvgIpc) is 2.79.